The highest BCUT2D eigenvalue weighted by atomic mass is 16.5. The van der Waals surface area contributed by atoms with Crippen LogP contribution in [0.15, 0.2) is 0 Å². The van der Waals surface area contributed by atoms with Crippen LogP contribution in [0.5, 0.6) is 0 Å². The van der Waals surface area contributed by atoms with E-state index >= 15 is 0 Å². The van der Waals surface area contributed by atoms with Crippen LogP contribution in [0.1, 0.15) is 234 Å². The van der Waals surface area contributed by atoms with E-state index in [1.165, 1.54) is 109 Å². The summed E-state index contributed by atoms with van der Waals surface area (Å²) in [6, 6.07) is 0.0600. The van der Waals surface area contributed by atoms with Crippen LogP contribution in [0.25, 0.3) is 0 Å². The van der Waals surface area contributed by atoms with Crippen molar-refractivity contribution < 1.29 is 25.3 Å². The average Bonchev–Trinajstić information content (AvgIpc) is 4.01. The third kappa shape index (κ3) is 35.1. The Hall–Kier alpha value is -1.83. The maximum Gasteiger partial charge on any atom is 0.317 e. The van der Waals surface area contributed by atoms with Crippen molar-refractivity contribution in [3.8, 4) is 0 Å². The first kappa shape index (κ1) is 51.2. The molecule has 0 aromatic heterocycles. The lowest BCUT2D eigenvalue weighted by Crippen LogP contribution is -2.42. The van der Waals surface area contributed by atoms with Crippen LogP contribution >= 0.6 is 0 Å². The first-order valence-electron chi connectivity index (χ1n) is 24.1. The zero-order valence-corrected chi connectivity index (χ0v) is 36.8. The molecule has 0 atom stereocenters. The number of hydrogen-bond donors (Lipinski definition) is 1. The summed E-state index contributed by atoms with van der Waals surface area (Å²) in [5.41, 5.74) is 0. The Balaban J connectivity index is 0.0000302. The second kappa shape index (κ2) is 39.0. The molecule has 0 unspecified atom stereocenters. The predicted molar refractivity (Wildman–Crippen MR) is 234 cm³/mol. The quantitative estimate of drug-likeness (QED) is 0.0377. The molecule has 0 spiro atoms. The van der Waals surface area contributed by atoms with E-state index < -0.39 is 0 Å². The minimum absolute atomic E-state index is 0. The molecule has 1 aliphatic heterocycles. The number of urea groups is 1. The summed E-state index contributed by atoms with van der Waals surface area (Å²) in [5.74, 6) is -0.0615. The van der Waals surface area contributed by atoms with Gasteiger partial charge in [0.2, 0.25) is 0 Å². The van der Waals surface area contributed by atoms with E-state index in [1.807, 2.05) is 4.90 Å². The smallest absolute Gasteiger partial charge is 0.317 e. The van der Waals surface area contributed by atoms with E-state index in [0.29, 0.717) is 26.0 Å². The van der Waals surface area contributed by atoms with Gasteiger partial charge in [-0.3, -0.25) is 14.5 Å². The molecule has 0 aromatic rings. The second-order valence-electron chi connectivity index (χ2n) is 16.7. The number of hydrogen-bond acceptors (Lipinski definition) is 6. The highest BCUT2D eigenvalue weighted by molar-refractivity contribution is 5.74. The molecule has 0 aliphatic carbocycles. The van der Waals surface area contributed by atoms with Crippen molar-refractivity contribution in [2.75, 3.05) is 45.9 Å². The normalized spacial score (nSPS) is 12.7. The summed E-state index contributed by atoms with van der Waals surface area (Å²) >= 11 is 0. The largest absolute Gasteiger partial charge is 0.466 e. The number of unbranched alkanes of at least 4 members (excludes halogenated alkanes) is 24. The van der Waals surface area contributed by atoms with Gasteiger partial charge in [-0.15, -0.1) is 0 Å². The lowest BCUT2D eigenvalue weighted by molar-refractivity contribution is -0.150. The highest BCUT2D eigenvalue weighted by Gasteiger charge is 2.18. The van der Waals surface area contributed by atoms with E-state index in [0.717, 1.165) is 123 Å². The summed E-state index contributed by atoms with van der Waals surface area (Å²) in [5, 5.41) is 3.14. The Bertz CT molecular complexity index is 874. The lowest BCUT2D eigenvalue weighted by atomic mass is 10.0. The molecular formula is C47H93N3O5. The monoisotopic (exact) mass is 780 g/mol. The molecule has 0 saturated carbocycles. The first-order chi connectivity index (χ1) is 27.0. The number of carbonyl (C=O) groups is 3. The molecule has 1 N–H and O–H groups in total. The molecule has 0 radical (unpaired) electrons. The number of nitrogens with zero attached hydrogens (tertiary/aromatic N) is 2. The Morgan fingerprint density at radius 3 is 1.45 bits per heavy atom. The van der Waals surface area contributed by atoms with Crippen molar-refractivity contribution in [2.24, 2.45) is 0 Å². The van der Waals surface area contributed by atoms with Crippen molar-refractivity contribution in [2.45, 2.75) is 239 Å². The van der Waals surface area contributed by atoms with Crippen molar-refractivity contribution in [3.63, 3.8) is 0 Å². The fourth-order valence-electron chi connectivity index (χ4n) is 7.38. The molecular weight excluding hydrogens is 687 g/mol. The molecule has 1 saturated heterocycles. The van der Waals surface area contributed by atoms with Gasteiger partial charge in [-0.25, -0.2) is 4.79 Å². The minimum atomic E-state index is -0.0532. The zero-order valence-electron chi connectivity index (χ0n) is 36.8. The van der Waals surface area contributed by atoms with Crippen LogP contribution in [0, 0.1) is 0 Å². The van der Waals surface area contributed by atoms with Crippen molar-refractivity contribution in [1.29, 1.82) is 0 Å². The first-order valence-corrected chi connectivity index (χ1v) is 24.1. The maximum absolute atomic E-state index is 13.0. The summed E-state index contributed by atoms with van der Waals surface area (Å²) in [6.07, 6.45) is 37.1. The molecule has 1 aliphatic rings. The molecule has 2 amide bonds. The van der Waals surface area contributed by atoms with Gasteiger partial charge in [0.25, 0.3) is 0 Å². The van der Waals surface area contributed by atoms with Gasteiger partial charge in [-0.05, 0) is 57.8 Å². The summed E-state index contributed by atoms with van der Waals surface area (Å²) < 4.78 is 11.5. The van der Waals surface area contributed by atoms with Crippen LogP contribution in [-0.2, 0) is 19.1 Å². The van der Waals surface area contributed by atoms with Gasteiger partial charge >= 0.3 is 18.0 Å². The zero-order chi connectivity index (χ0) is 39.9. The Morgan fingerprint density at radius 2 is 0.964 bits per heavy atom. The summed E-state index contributed by atoms with van der Waals surface area (Å²) in [6.45, 7) is 12.8. The molecule has 0 bridgehead atoms. The van der Waals surface area contributed by atoms with Gasteiger partial charge in [0.15, 0.2) is 0 Å². The van der Waals surface area contributed by atoms with Crippen LogP contribution in [0.4, 0.5) is 4.79 Å². The Labute approximate surface area is 342 Å². The van der Waals surface area contributed by atoms with Gasteiger partial charge in [0, 0.05) is 53.5 Å². The van der Waals surface area contributed by atoms with Gasteiger partial charge in [-0.2, -0.15) is 0 Å². The van der Waals surface area contributed by atoms with Crippen LogP contribution in [0.3, 0.4) is 0 Å². The molecule has 8 heteroatoms. The van der Waals surface area contributed by atoms with Crippen LogP contribution in [0.2, 0.25) is 0 Å². The Kier molecular flexibility index (Phi) is 36.3. The lowest BCUT2D eigenvalue weighted by Gasteiger charge is -2.23. The number of nitrogens with one attached hydrogen (secondary N) is 1. The van der Waals surface area contributed by atoms with Gasteiger partial charge in [0.1, 0.15) is 6.10 Å². The number of ether oxygens (including phenoxy) is 2. The van der Waals surface area contributed by atoms with E-state index in [4.69, 9.17) is 9.47 Å². The second-order valence-corrected chi connectivity index (χ2v) is 16.7. The molecule has 8 nitrogen and oxygen atoms in total. The predicted octanol–water partition coefficient (Wildman–Crippen LogP) is 12.9. The van der Waals surface area contributed by atoms with Crippen molar-refractivity contribution in [1.82, 2.24) is 15.1 Å². The fraction of sp³-hybridized carbons (Fsp3) is 0.936. The SMILES string of the molecule is CCCCCCCCCOC(=O)CCCCCCCN(CCCCCCCC(=O)OC(CCCCCCCC)CCCCCCCC)C(=O)NCCN1CC1.[HH]. The number of esters is 2. The summed E-state index contributed by atoms with van der Waals surface area (Å²) in [4.78, 5) is 42.3. The maximum atomic E-state index is 13.0. The van der Waals surface area contributed by atoms with Crippen LogP contribution < -0.4 is 5.32 Å². The minimum Gasteiger partial charge on any atom is -0.466 e. The molecule has 1 heterocycles. The fourth-order valence-corrected chi connectivity index (χ4v) is 7.38. The molecule has 55 heavy (non-hydrogen) atoms. The number of rotatable bonds is 42. The van der Waals surface area contributed by atoms with Crippen molar-refractivity contribution in [3.05, 3.63) is 0 Å². The molecule has 1 rings (SSSR count). The Morgan fingerprint density at radius 1 is 0.545 bits per heavy atom. The average molecular weight is 780 g/mol. The van der Waals surface area contributed by atoms with Gasteiger partial charge in [-0.1, -0.05) is 162 Å². The topological polar surface area (TPSA) is 88.0 Å². The van der Waals surface area contributed by atoms with Gasteiger partial charge in [0.05, 0.1) is 6.61 Å². The molecule has 326 valence electrons. The third-order valence-electron chi connectivity index (χ3n) is 11.2. The molecule has 1 fully saturated rings. The standard InChI is InChI=1S/C47H91N3O5.H2/c1-4-7-10-13-16-25-32-43-54-45(51)35-28-21-17-23-30-38-50(47(53)48-37-40-49-41-42-49)39-31-24-18-22-29-36-46(52)55-44(33-26-19-14-11-8-5-2)34-27-20-15-12-9-6-3;/h44H,4-43H2,1-3H3,(H,48,53);1H. The third-order valence-corrected chi connectivity index (χ3v) is 11.2. The summed E-state index contributed by atoms with van der Waals surface area (Å²) in [7, 11) is 0. The van der Waals surface area contributed by atoms with E-state index in [1.54, 1.807) is 0 Å². The number of amides is 2. The van der Waals surface area contributed by atoms with Crippen LogP contribution in [-0.4, -0.2) is 79.7 Å². The van der Waals surface area contributed by atoms with E-state index in [9.17, 15) is 14.4 Å². The van der Waals surface area contributed by atoms with Gasteiger partial charge < -0.3 is 19.7 Å². The highest BCUT2D eigenvalue weighted by Crippen LogP contribution is 2.19. The van der Waals surface area contributed by atoms with E-state index in [2.05, 4.69) is 31.0 Å². The molecule has 0 aromatic carbocycles. The van der Waals surface area contributed by atoms with E-state index in [-0.39, 0.29) is 25.5 Å². The van der Waals surface area contributed by atoms with Crippen molar-refractivity contribution >= 4 is 18.0 Å². The number of carbonyl (C=O) groups excluding carboxylic acids is 3.